The summed E-state index contributed by atoms with van der Waals surface area (Å²) in [7, 11) is 0. The van der Waals surface area contributed by atoms with Gasteiger partial charge in [0.15, 0.2) is 11.6 Å². The Bertz CT molecular complexity index is 1910. The van der Waals surface area contributed by atoms with Crippen LogP contribution in [0.2, 0.25) is 0 Å². The van der Waals surface area contributed by atoms with Crippen LogP contribution >= 0.6 is 0 Å². The molecule has 0 aliphatic carbocycles. The molecule has 4 aromatic rings. The molecule has 47 heavy (non-hydrogen) atoms. The predicted octanol–water partition coefficient (Wildman–Crippen LogP) is 4.34. The van der Waals surface area contributed by atoms with E-state index in [-0.39, 0.29) is 43.3 Å². The van der Waals surface area contributed by atoms with Crippen LogP contribution in [-0.4, -0.2) is 99.8 Å². The molecule has 6 heterocycles. The third-order valence-corrected chi connectivity index (χ3v) is 9.33. The van der Waals surface area contributed by atoms with E-state index in [1.807, 2.05) is 30.0 Å². The Morgan fingerprint density at radius 1 is 1.21 bits per heavy atom. The zero-order valence-corrected chi connectivity index (χ0v) is 26.0. The summed E-state index contributed by atoms with van der Waals surface area (Å²) in [5.41, 5.74) is 1.63. The minimum absolute atomic E-state index is 0.00882. The molecule has 0 N–H and O–H groups in total. The number of halogens is 2. The van der Waals surface area contributed by atoms with E-state index in [0.717, 1.165) is 48.9 Å². The first-order valence-electron chi connectivity index (χ1n) is 15.8. The number of aromatic nitrogens is 4. The van der Waals surface area contributed by atoms with Gasteiger partial charge in [0.2, 0.25) is 0 Å². The molecule has 1 aromatic carbocycles. The summed E-state index contributed by atoms with van der Waals surface area (Å²) in [5, 5.41) is 11.5. The number of morpholine rings is 1. The van der Waals surface area contributed by atoms with E-state index in [2.05, 4.69) is 32.5 Å². The molecule has 11 nitrogen and oxygen atoms in total. The number of nitrogens with zero attached hydrogens (tertiary/aromatic N) is 8. The number of pyridine rings is 2. The highest BCUT2D eigenvalue weighted by Crippen LogP contribution is 2.36. The quantitative estimate of drug-likeness (QED) is 0.193. The second-order valence-corrected chi connectivity index (χ2v) is 12.3. The molecule has 0 radical (unpaired) electrons. The van der Waals surface area contributed by atoms with Crippen molar-refractivity contribution in [3.05, 3.63) is 60.6 Å². The standard InChI is InChI=1S/C34H34F2N8O3/c1-20-5-3-6-22-14-38-15-26(28(20)22)30-29(36)31-27(16-39-30)32(43-10-11-44(33(45)21(2)35)23(17-43)7-8-37)41-34(40-31)46-12-4-9-42-18-25-13-24(42)19-47-25/h3,5-6,14-16,23-25H,2,4,7,9-13,17-19H2,1H3/t23-,24-,25-/m0/s1. The molecule has 3 aromatic heterocycles. The van der Waals surface area contributed by atoms with E-state index in [4.69, 9.17) is 14.5 Å². The van der Waals surface area contributed by atoms with Crippen LogP contribution in [0.4, 0.5) is 14.6 Å². The van der Waals surface area contributed by atoms with Crippen LogP contribution < -0.4 is 9.64 Å². The van der Waals surface area contributed by atoms with Gasteiger partial charge >= 0.3 is 6.01 Å². The summed E-state index contributed by atoms with van der Waals surface area (Å²) in [6.07, 6.45) is 6.93. The molecule has 7 rings (SSSR count). The summed E-state index contributed by atoms with van der Waals surface area (Å²) in [5.74, 6) is -2.22. The second-order valence-electron chi connectivity index (χ2n) is 12.3. The fourth-order valence-corrected chi connectivity index (χ4v) is 7.05. The van der Waals surface area contributed by atoms with Crippen molar-refractivity contribution in [2.75, 3.05) is 50.8 Å². The maximum atomic E-state index is 16.7. The van der Waals surface area contributed by atoms with E-state index in [1.165, 1.54) is 11.1 Å². The van der Waals surface area contributed by atoms with Gasteiger partial charge in [-0.2, -0.15) is 15.2 Å². The molecule has 0 spiro atoms. The molecule has 3 atom stereocenters. The molecule has 2 bridgehead atoms. The lowest BCUT2D eigenvalue weighted by molar-refractivity contribution is -0.131. The predicted molar refractivity (Wildman–Crippen MR) is 171 cm³/mol. The van der Waals surface area contributed by atoms with Crippen molar-refractivity contribution in [2.45, 2.75) is 44.4 Å². The number of carbonyl (C=O) groups excluding carboxylic acids is 1. The van der Waals surface area contributed by atoms with Crippen LogP contribution in [-0.2, 0) is 9.53 Å². The fraction of sp³-hybridized carbons (Fsp3) is 0.412. The Hall–Kier alpha value is -4.80. The SMILES string of the molecule is C=C(F)C(=O)N1CCN(c2nc(OCCCN3C[C@@H]4C[C@H]3CO4)nc3c(F)c(-c4cncc5cccc(C)c45)ncc23)C[C@@H]1CC#N. The van der Waals surface area contributed by atoms with Crippen molar-refractivity contribution in [1.82, 2.24) is 29.7 Å². The molecule has 13 heteroatoms. The highest BCUT2D eigenvalue weighted by molar-refractivity contribution is 6.00. The van der Waals surface area contributed by atoms with E-state index in [1.54, 1.807) is 12.4 Å². The molecule has 242 valence electrons. The first kappa shape index (κ1) is 30.8. The zero-order valence-electron chi connectivity index (χ0n) is 26.0. The van der Waals surface area contributed by atoms with Gasteiger partial charge in [0.05, 0.1) is 43.2 Å². The molecule has 0 saturated carbocycles. The molecule has 3 aliphatic heterocycles. The number of nitriles is 1. The highest BCUT2D eigenvalue weighted by atomic mass is 19.1. The Balaban J connectivity index is 1.24. The number of hydrogen-bond acceptors (Lipinski definition) is 10. The van der Waals surface area contributed by atoms with E-state index < -0.39 is 23.6 Å². The van der Waals surface area contributed by atoms with E-state index in [9.17, 15) is 14.4 Å². The van der Waals surface area contributed by atoms with Gasteiger partial charge in [-0.25, -0.2) is 8.78 Å². The van der Waals surface area contributed by atoms with Gasteiger partial charge in [0, 0.05) is 68.3 Å². The van der Waals surface area contributed by atoms with Crippen molar-refractivity contribution >= 4 is 33.4 Å². The molecule has 0 unspecified atom stereocenters. The number of likely N-dealkylation sites (tertiary alicyclic amines) is 1. The first-order chi connectivity index (χ1) is 22.8. The largest absolute Gasteiger partial charge is 0.463 e. The molecule has 3 fully saturated rings. The number of benzene rings is 1. The summed E-state index contributed by atoms with van der Waals surface area (Å²) in [6.45, 7) is 8.46. The number of ether oxygens (including phenoxy) is 2. The van der Waals surface area contributed by atoms with Crippen LogP contribution in [0.5, 0.6) is 6.01 Å². The topological polar surface area (TPSA) is 121 Å². The van der Waals surface area contributed by atoms with Crippen molar-refractivity contribution < 1.29 is 23.0 Å². The maximum Gasteiger partial charge on any atom is 0.319 e. The van der Waals surface area contributed by atoms with Gasteiger partial charge < -0.3 is 19.3 Å². The number of amides is 1. The van der Waals surface area contributed by atoms with Crippen molar-refractivity contribution in [3.8, 4) is 23.3 Å². The summed E-state index contributed by atoms with van der Waals surface area (Å²) in [6, 6.07) is 7.70. The third-order valence-electron chi connectivity index (χ3n) is 9.33. The van der Waals surface area contributed by atoms with Gasteiger partial charge in [-0.3, -0.25) is 19.7 Å². The van der Waals surface area contributed by atoms with Crippen molar-refractivity contribution in [1.29, 1.82) is 5.26 Å². The van der Waals surface area contributed by atoms with E-state index >= 15 is 4.39 Å². The number of hydrogen-bond donors (Lipinski definition) is 0. The summed E-state index contributed by atoms with van der Waals surface area (Å²) in [4.78, 5) is 36.2. The van der Waals surface area contributed by atoms with E-state index in [0.29, 0.717) is 35.5 Å². The van der Waals surface area contributed by atoms with Crippen LogP contribution in [0.15, 0.2) is 49.2 Å². The van der Waals surface area contributed by atoms with Gasteiger partial charge in [-0.1, -0.05) is 24.8 Å². The molecule has 3 saturated heterocycles. The van der Waals surface area contributed by atoms with Crippen molar-refractivity contribution in [2.24, 2.45) is 0 Å². The monoisotopic (exact) mass is 640 g/mol. The fourth-order valence-electron chi connectivity index (χ4n) is 7.05. The van der Waals surface area contributed by atoms with Gasteiger partial charge in [-0.15, -0.1) is 0 Å². The Labute approximate surface area is 270 Å². The number of rotatable bonds is 9. The number of piperazine rings is 1. The lowest BCUT2D eigenvalue weighted by Crippen LogP contribution is -2.55. The lowest BCUT2D eigenvalue weighted by Gasteiger charge is -2.41. The highest BCUT2D eigenvalue weighted by Gasteiger charge is 2.38. The number of carbonyl (C=O) groups is 1. The Morgan fingerprint density at radius 3 is 2.85 bits per heavy atom. The second kappa shape index (κ2) is 12.8. The molecule has 3 aliphatic rings. The molecule has 1 amide bonds. The normalized spacial score (nSPS) is 21.0. The summed E-state index contributed by atoms with van der Waals surface area (Å²) < 4.78 is 42.2. The van der Waals surface area contributed by atoms with Crippen LogP contribution in [0.25, 0.3) is 32.9 Å². The Kier molecular flexibility index (Phi) is 8.38. The average Bonchev–Trinajstić information content (AvgIpc) is 3.70. The van der Waals surface area contributed by atoms with Crippen LogP contribution in [0, 0.1) is 24.1 Å². The molecular weight excluding hydrogens is 606 g/mol. The first-order valence-corrected chi connectivity index (χ1v) is 15.8. The molecular formula is C34H34F2N8O3. The average molecular weight is 641 g/mol. The smallest absolute Gasteiger partial charge is 0.319 e. The summed E-state index contributed by atoms with van der Waals surface area (Å²) >= 11 is 0. The van der Waals surface area contributed by atoms with Crippen molar-refractivity contribution in [3.63, 3.8) is 0 Å². The van der Waals surface area contributed by atoms with Gasteiger partial charge in [-0.05, 0) is 30.7 Å². The number of anilines is 1. The minimum atomic E-state index is -1.09. The third kappa shape index (κ3) is 5.83. The van der Waals surface area contributed by atoms with Crippen LogP contribution in [0.3, 0.4) is 0 Å². The maximum absolute atomic E-state index is 16.7. The zero-order chi connectivity index (χ0) is 32.7. The number of aryl methyl sites for hydroxylation is 1. The minimum Gasteiger partial charge on any atom is -0.463 e. The Morgan fingerprint density at radius 2 is 2.09 bits per heavy atom. The van der Waals surface area contributed by atoms with Crippen LogP contribution in [0.1, 0.15) is 24.8 Å². The van der Waals surface area contributed by atoms with Gasteiger partial charge in [0.1, 0.15) is 17.0 Å². The lowest BCUT2D eigenvalue weighted by atomic mass is 10.00. The number of fused-ring (bicyclic) bond motifs is 4. The van der Waals surface area contributed by atoms with Gasteiger partial charge in [0.25, 0.3) is 5.91 Å².